The number of nitrogens with one attached hydrogen (secondary N) is 1. The number of hydrogen-bond acceptors (Lipinski definition) is 1. The quantitative estimate of drug-likeness (QED) is 0.888. The van der Waals surface area contributed by atoms with E-state index in [0.29, 0.717) is 11.8 Å². The Balaban J connectivity index is 1.67. The van der Waals surface area contributed by atoms with Crippen LogP contribution in [0.15, 0.2) is 24.3 Å². The van der Waals surface area contributed by atoms with Crippen molar-refractivity contribution in [3.8, 4) is 0 Å². The summed E-state index contributed by atoms with van der Waals surface area (Å²) in [5.74, 6) is 1.50. The van der Waals surface area contributed by atoms with Crippen molar-refractivity contribution in [3.63, 3.8) is 0 Å². The molecule has 2 aliphatic carbocycles. The molecule has 2 aliphatic rings. The Bertz CT molecular complexity index is 569. The molecule has 2 nitrogen and oxygen atoms in total. The first kappa shape index (κ1) is 15.4. The molecular formula is C17H20F3NO. The number of fused-ring (bicyclic) bond motifs is 2. The maximum atomic E-state index is 12.7. The third-order valence-electron chi connectivity index (χ3n) is 5.25. The highest BCUT2D eigenvalue weighted by molar-refractivity contribution is 5.94. The van der Waals surface area contributed by atoms with Crippen LogP contribution in [0.5, 0.6) is 0 Å². The molecular weight excluding hydrogens is 291 g/mol. The van der Waals surface area contributed by atoms with E-state index in [-0.39, 0.29) is 11.6 Å². The minimum Gasteiger partial charge on any atom is -0.349 e. The van der Waals surface area contributed by atoms with E-state index < -0.39 is 17.6 Å². The van der Waals surface area contributed by atoms with Crippen molar-refractivity contribution in [2.45, 2.75) is 44.8 Å². The fraction of sp³-hybridized carbons (Fsp3) is 0.588. The Morgan fingerprint density at radius 2 is 2.05 bits per heavy atom. The van der Waals surface area contributed by atoms with Gasteiger partial charge in [0.25, 0.3) is 5.91 Å². The highest BCUT2D eigenvalue weighted by Gasteiger charge is 2.42. The SMILES string of the molecule is CC(NC(=O)c1cccc(C(F)(F)F)c1)C1CC2CCC1C2. The van der Waals surface area contributed by atoms with Gasteiger partial charge in [-0.3, -0.25) is 4.79 Å². The van der Waals surface area contributed by atoms with Crippen LogP contribution in [0, 0.1) is 17.8 Å². The molecule has 1 amide bonds. The zero-order chi connectivity index (χ0) is 15.9. The van der Waals surface area contributed by atoms with Crippen molar-refractivity contribution in [2.24, 2.45) is 17.8 Å². The van der Waals surface area contributed by atoms with E-state index in [1.54, 1.807) is 0 Å². The van der Waals surface area contributed by atoms with Crippen molar-refractivity contribution in [1.82, 2.24) is 5.32 Å². The van der Waals surface area contributed by atoms with E-state index in [1.807, 2.05) is 6.92 Å². The van der Waals surface area contributed by atoms with Gasteiger partial charge >= 0.3 is 6.18 Å². The first-order valence-electron chi connectivity index (χ1n) is 7.82. The van der Waals surface area contributed by atoms with Gasteiger partial charge < -0.3 is 5.32 Å². The minimum absolute atomic E-state index is 0.0114. The van der Waals surface area contributed by atoms with E-state index in [9.17, 15) is 18.0 Å². The number of benzene rings is 1. The molecule has 0 heterocycles. The second-order valence-corrected chi connectivity index (χ2v) is 6.68. The summed E-state index contributed by atoms with van der Waals surface area (Å²) in [6.07, 6.45) is 0.463. The Kier molecular flexibility index (Phi) is 3.91. The Labute approximate surface area is 128 Å². The number of hydrogen-bond donors (Lipinski definition) is 1. The molecule has 0 aromatic heterocycles. The maximum absolute atomic E-state index is 12.7. The number of amides is 1. The van der Waals surface area contributed by atoms with Gasteiger partial charge in [0.2, 0.25) is 0 Å². The van der Waals surface area contributed by atoms with Crippen LogP contribution in [0.3, 0.4) is 0 Å². The van der Waals surface area contributed by atoms with Crippen molar-refractivity contribution in [3.05, 3.63) is 35.4 Å². The number of carbonyl (C=O) groups is 1. The predicted octanol–water partition coefficient (Wildman–Crippen LogP) is 4.26. The topological polar surface area (TPSA) is 29.1 Å². The lowest BCUT2D eigenvalue weighted by molar-refractivity contribution is -0.137. The lowest BCUT2D eigenvalue weighted by Crippen LogP contribution is -2.40. The van der Waals surface area contributed by atoms with Crippen LogP contribution in [-0.4, -0.2) is 11.9 Å². The van der Waals surface area contributed by atoms with Gasteiger partial charge in [-0.05, 0) is 62.1 Å². The highest BCUT2D eigenvalue weighted by Crippen LogP contribution is 2.49. The lowest BCUT2D eigenvalue weighted by atomic mass is 9.84. The second-order valence-electron chi connectivity index (χ2n) is 6.68. The van der Waals surface area contributed by atoms with Gasteiger partial charge in [-0.1, -0.05) is 12.5 Å². The van der Waals surface area contributed by atoms with Crippen LogP contribution in [0.4, 0.5) is 13.2 Å². The van der Waals surface area contributed by atoms with Gasteiger partial charge in [0.15, 0.2) is 0 Å². The normalized spacial score (nSPS) is 28.6. The molecule has 120 valence electrons. The summed E-state index contributed by atoms with van der Waals surface area (Å²) in [5, 5.41) is 2.90. The molecule has 1 aromatic rings. The first-order valence-corrected chi connectivity index (χ1v) is 7.82. The van der Waals surface area contributed by atoms with Crippen molar-refractivity contribution in [1.29, 1.82) is 0 Å². The molecule has 22 heavy (non-hydrogen) atoms. The summed E-state index contributed by atoms with van der Waals surface area (Å²) in [7, 11) is 0. The van der Waals surface area contributed by atoms with Gasteiger partial charge in [0.1, 0.15) is 0 Å². The average molecular weight is 311 g/mol. The fourth-order valence-corrected chi connectivity index (χ4v) is 4.14. The van der Waals surface area contributed by atoms with Crippen molar-refractivity contribution < 1.29 is 18.0 Å². The smallest absolute Gasteiger partial charge is 0.349 e. The Morgan fingerprint density at radius 1 is 1.27 bits per heavy atom. The highest BCUT2D eigenvalue weighted by atomic mass is 19.4. The molecule has 1 aromatic carbocycles. The lowest BCUT2D eigenvalue weighted by Gasteiger charge is -2.28. The van der Waals surface area contributed by atoms with Crippen LogP contribution in [0.1, 0.15) is 48.5 Å². The maximum Gasteiger partial charge on any atom is 0.416 e. The van der Waals surface area contributed by atoms with E-state index in [4.69, 9.17) is 0 Å². The van der Waals surface area contributed by atoms with Crippen LogP contribution in [0.25, 0.3) is 0 Å². The van der Waals surface area contributed by atoms with Crippen LogP contribution < -0.4 is 5.32 Å². The summed E-state index contributed by atoms with van der Waals surface area (Å²) in [6.45, 7) is 1.97. The summed E-state index contributed by atoms with van der Waals surface area (Å²) < 4.78 is 38.1. The van der Waals surface area contributed by atoms with Gasteiger partial charge in [0, 0.05) is 11.6 Å². The number of rotatable bonds is 3. The minimum atomic E-state index is -4.42. The Hall–Kier alpha value is -1.52. The van der Waals surface area contributed by atoms with Gasteiger partial charge in [-0.15, -0.1) is 0 Å². The molecule has 2 saturated carbocycles. The summed E-state index contributed by atoms with van der Waals surface area (Å²) >= 11 is 0. The standard InChI is InChI=1S/C17H20F3NO/c1-10(15-8-11-5-6-12(15)7-11)21-16(22)13-3-2-4-14(9-13)17(18,19)20/h2-4,9-12,15H,5-8H2,1H3,(H,21,22). The van der Waals surface area contributed by atoms with Crippen molar-refractivity contribution >= 4 is 5.91 Å². The van der Waals surface area contributed by atoms with Crippen LogP contribution >= 0.6 is 0 Å². The molecule has 4 atom stereocenters. The fourth-order valence-electron chi connectivity index (χ4n) is 4.14. The van der Waals surface area contributed by atoms with E-state index in [2.05, 4.69) is 5.32 Å². The number of alkyl halides is 3. The zero-order valence-corrected chi connectivity index (χ0v) is 12.5. The molecule has 1 N–H and O–H groups in total. The molecule has 0 aliphatic heterocycles. The van der Waals surface area contributed by atoms with Crippen molar-refractivity contribution in [2.75, 3.05) is 0 Å². The van der Waals surface area contributed by atoms with Crippen LogP contribution in [-0.2, 0) is 6.18 Å². The summed E-state index contributed by atoms with van der Waals surface area (Å²) in [6, 6.07) is 4.62. The molecule has 5 heteroatoms. The second kappa shape index (κ2) is 5.60. The molecule has 4 unspecified atom stereocenters. The predicted molar refractivity (Wildman–Crippen MR) is 77.3 cm³/mol. The van der Waals surface area contributed by atoms with Gasteiger partial charge in [0.05, 0.1) is 5.56 Å². The first-order chi connectivity index (χ1) is 10.3. The number of carbonyl (C=O) groups excluding carboxylic acids is 1. The summed E-state index contributed by atoms with van der Waals surface area (Å²) in [4.78, 5) is 12.2. The van der Waals surface area contributed by atoms with E-state index in [0.717, 1.165) is 24.5 Å². The molecule has 3 rings (SSSR count). The third kappa shape index (κ3) is 2.99. The largest absolute Gasteiger partial charge is 0.416 e. The molecule has 0 radical (unpaired) electrons. The molecule has 0 spiro atoms. The van der Waals surface area contributed by atoms with Gasteiger partial charge in [-0.25, -0.2) is 0 Å². The van der Waals surface area contributed by atoms with Crippen LogP contribution in [0.2, 0.25) is 0 Å². The van der Waals surface area contributed by atoms with E-state index >= 15 is 0 Å². The summed E-state index contributed by atoms with van der Waals surface area (Å²) in [5.41, 5.74) is -0.711. The molecule has 0 saturated heterocycles. The average Bonchev–Trinajstić information content (AvgIpc) is 3.09. The molecule has 2 fully saturated rings. The zero-order valence-electron chi connectivity index (χ0n) is 12.5. The Morgan fingerprint density at radius 3 is 2.64 bits per heavy atom. The monoisotopic (exact) mass is 311 g/mol. The van der Waals surface area contributed by atoms with Gasteiger partial charge in [-0.2, -0.15) is 13.2 Å². The number of halogens is 3. The third-order valence-corrected chi connectivity index (χ3v) is 5.25. The molecule has 2 bridgehead atoms. The van der Waals surface area contributed by atoms with E-state index in [1.165, 1.54) is 31.4 Å².